The van der Waals surface area contributed by atoms with Crippen LogP contribution in [0.15, 0.2) is 0 Å². The Morgan fingerprint density at radius 1 is 0.800 bits per heavy atom. The fourth-order valence-corrected chi connectivity index (χ4v) is 1.78. The molecule has 0 saturated heterocycles. The zero-order valence-corrected chi connectivity index (χ0v) is 11.9. The molecule has 0 unspecified atom stereocenters. The van der Waals surface area contributed by atoms with E-state index in [0.717, 1.165) is 11.8 Å². The van der Waals surface area contributed by atoms with Gasteiger partial charge >= 0.3 is 0 Å². The molecule has 0 bridgehead atoms. The van der Waals surface area contributed by atoms with Crippen molar-refractivity contribution in [2.24, 2.45) is 17.3 Å². The smallest absolute Gasteiger partial charge is 0.0331 e. The number of hydrogen-bond donors (Lipinski definition) is 0. The Balaban J connectivity index is 3.39. The Bertz CT molecular complexity index is 142. The van der Waals surface area contributed by atoms with Crippen LogP contribution < -0.4 is 0 Å². The van der Waals surface area contributed by atoms with E-state index in [0.29, 0.717) is 5.41 Å². The lowest BCUT2D eigenvalue weighted by atomic mass is 9.77. The van der Waals surface area contributed by atoms with Crippen LogP contribution >= 0.6 is 0 Å². The third-order valence-corrected chi connectivity index (χ3v) is 3.92. The van der Waals surface area contributed by atoms with Crippen LogP contribution in [0.3, 0.4) is 0 Å². The van der Waals surface area contributed by atoms with Crippen molar-refractivity contribution in [3.63, 3.8) is 0 Å². The Morgan fingerprint density at radius 2 is 1.33 bits per heavy atom. The molecule has 0 aromatic rings. The van der Waals surface area contributed by atoms with E-state index in [-0.39, 0.29) is 0 Å². The first-order valence-corrected chi connectivity index (χ1v) is 6.86. The minimum absolute atomic E-state index is 0.540. The molecular weight excluding hydrogens is 180 g/mol. The van der Waals surface area contributed by atoms with E-state index >= 15 is 0 Å². The molecule has 0 spiro atoms. The van der Waals surface area contributed by atoms with E-state index in [1.54, 1.807) is 0 Å². The highest BCUT2D eigenvalue weighted by molar-refractivity contribution is 4.71. The summed E-state index contributed by atoms with van der Waals surface area (Å²) >= 11 is 0. The molecule has 0 heteroatoms. The molecule has 0 radical (unpaired) electrons. The molecule has 15 heavy (non-hydrogen) atoms. The van der Waals surface area contributed by atoms with Crippen LogP contribution in [0.4, 0.5) is 0 Å². The van der Waals surface area contributed by atoms with Gasteiger partial charge in [0.25, 0.3) is 0 Å². The maximum absolute atomic E-state index is 2.41. The SMILES string of the molecule is CC(C)CCCCCCC(C)(C)C(C)C. The molecular formula is C15H32. The van der Waals surface area contributed by atoms with Gasteiger partial charge in [-0.1, -0.05) is 73.6 Å². The Morgan fingerprint density at radius 3 is 1.80 bits per heavy atom. The number of hydrogen-bond acceptors (Lipinski definition) is 0. The minimum Gasteiger partial charge on any atom is -0.0628 e. The standard InChI is InChI=1S/C15H32/c1-13(2)11-9-7-8-10-12-15(5,6)14(3)4/h13-14H,7-12H2,1-6H3. The van der Waals surface area contributed by atoms with Gasteiger partial charge in [0.15, 0.2) is 0 Å². The Labute approximate surface area is 97.8 Å². The summed E-state index contributed by atoms with van der Waals surface area (Å²) in [5, 5.41) is 0. The molecule has 0 aliphatic heterocycles. The minimum atomic E-state index is 0.540. The molecule has 0 aromatic carbocycles. The van der Waals surface area contributed by atoms with Crippen LogP contribution in [0.5, 0.6) is 0 Å². The van der Waals surface area contributed by atoms with Crippen molar-refractivity contribution in [2.75, 3.05) is 0 Å². The van der Waals surface area contributed by atoms with Gasteiger partial charge in [0.05, 0.1) is 0 Å². The lowest BCUT2D eigenvalue weighted by molar-refractivity contribution is 0.220. The summed E-state index contributed by atoms with van der Waals surface area (Å²) in [5.74, 6) is 1.70. The predicted octanol–water partition coefficient (Wildman–Crippen LogP) is 5.67. The molecule has 0 amide bonds. The second-order valence-corrected chi connectivity index (χ2v) is 6.49. The molecule has 0 atom stereocenters. The molecule has 0 fully saturated rings. The summed E-state index contributed by atoms with van der Waals surface area (Å²) in [5.41, 5.74) is 0.540. The van der Waals surface area contributed by atoms with E-state index < -0.39 is 0 Å². The van der Waals surface area contributed by atoms with Gasteiger partial charge in [-0.05, 0) is 23.7 Å². The van der Waals surface area contributed by atoms with Crippen molar-refractivity contribution in [3.8, 4) is 0 Å². The zero-order chi connectivity index (χ0) is 11.9. The average molecular weight is 212 g/mol. The van der Waals surface area contributed by atoms with Crippen LogP contribution in [-0.2, 0) is 0 Å². The lowest BCUT2D eigenvalue weighted by Gasteiger charge is -2.29. The van der Waals surface area contributed by atoms with Crippen molar-refractivity contribution in [1.82, 2.24) is 0 Å². The molecule has 0 aliphatic rings. The predicted molar refractivity (Wildman–Crippen MR) is 71.2 cm³/mol. The topological polar surface area (TPSA) is 0 Å². The van der Waals surface area contributed by atoms with Gasteiger partial charge in [-0.15, -0.1) is 0 Å². The molecule has 0 saturated carbocycles. The third-order valence-electron chi connectivity index (χ3n) is 3.92. The van der Waals surface area contributed by atoms with Gasteiger partial charge in [0.2, 0.25) is 0 Å². The maximum atomic E-state index is 2.41. The Hall–Kier alpha value is 0. The van der Waals surface area contributed by atoms with E-state index in [1.165, 1.54) is 38.5 Å². The third kappa shape index (κ3) is 7.88. The lowest BCUT2D eigenvalue weighted by Crippen LogP contribution is -2.18. The quantitative estimate of drug-likeness (QED) is 0.455. The van der Waals surface area contributed by atoms with Crippen molar-refractivity contribution >= 4 is 0 Å². The van der Waals surface area contributed by atoms with Gasteiger partial charge < -0.3 is 0 Å². The van der Waals surface area contributed by atoms with Crippen molar-refractivity contribution in [2.45, 2.75) is 80.1 Å². The molecule has 0 N–H and O–H groups in total. The summed E-state index contributed by atoms with van der Waals surface area (Å²) < 4.78 is 0. The monoisotopic (exact) mass is 212 g/mol. The van der Waals surface area contributed by atoms with Gasteiger partial charge in [0.1, 0.15) is 0 Å². The molecule has 0 aliphatic carbocycles. The van der Waals surface area contributed by atoms with Crippen molar-refractivity contribution in [3.05, 3.63) is 0 Å². The van der Waals surface area contributed by atoms with Crippen LogP contribution in [0.2, 0.25) is 0 Å². The maximum Gasteiger partial charge on any atom is -0.0331 e. The average Bonchev–Trinajstić information content (AvgIpc) is 2.10. The first-order chi connectivity index (χ1) is 6.86. The summed E-state index contributed by atoms with van der Waals surface area (Å²) in [4.78, 5) is 0. The van der Waals surface area contributed by atoms with E-state index in [2.05, 4.69) is 41.5 Å². The second-order valence-electron chi connectivity index (χ2n) is 6.49. The van der Waals surface area contributed by atoms with Gasteiger partial charge in [-0.2, -0.15) is 0 Å². The molecule has 92 valence electrons. The largest absolute Gasteiger partial charge is 0.0628 e. The van der Waals surface area contributed by atoms with Gasteiger partial charge in [-0.25, -0.2) is 0 Å². The normalized spacial score (nSPS) is 12.8. The van der Waals surface area contributed by atoms with Crippen LogP contribution in [0.25, 0.3) is 0 Å². The van der Waals surface area contributed by atoms with E-state index in [9.17, 15) is 0 Å². The molecule has 0 nitrogen and oxygen atoms in total. The summed E-state index contributed by atoms with van der Waals surface area (Å²) in [6.45, 7) is 14.2. The summed E-state index contributed by atoms with van der Waals surface area (Å²) in [6, 6.07) is 0. The highest BCUT2D eigenvalue weighted by Gasteiger charge is 2.20. The Kier molecular flexibility index (Phi) is 7.30. The highest BCUT2D eigenvalue weighted by Crippen LogP contribution is 2.32. The molecule has 0 rings (SSSR count). The van der Waals surface area contributed by atoms with Crippen LogP contribution in [-0.4, -0.2) is 0 Å². The first kappa shape index (κ1) is 15.0. The summed E-state index contributed by atoms with van der Waals surface area (Å²) in [6.07, 6.45) is 8.53. The fraction of sp³-hybridized carbons (Fsp3) is 1.00. The first-order valence-electron chi connectivity index (χ1n) is 6.86. The van der Waals surface area contributed by atoms with Crippen LogP contribution in [0, 0.1) is 17.3 Å². The number of unbranched alkanes of at least 4 members (excludes halogenated alkanes) is 3. The van der Waals surface area contributed by atoms with E-state index in [4.69, 9.17) is 0 Å². The highest BCUT2D eigenvalue weighted by atomic mass is 14.3. The molecule has 0 heterocycles. The fourth-order valence-electron chi connectivity index (χ4n) is 1.78. The molecule has 0 aromatic heterocycles. The van der Waals surface area contributed by atoms with E-state index in [1.807, 2.05) is 0 Å². The second kappa shape index (κ2) is 7.30. The van der Waals surface area contributed by atoms with Gasteiger partial charge in [-0.3, -0.25) is 0 Å². The van der Waals surface area contributed by atoms with Crippen LogP contribution in [0.1, 0.15) is 80.1 Å². The van der Waals surface area contributed by atoms with Crippen molar-refractivity contribution < 1.29 is 0 Å². The van der Waals surface area contributed by atoms with Crippen molar-refractivity contribution in [1.29, 1.82) is 0 Å². The zero-order valence-electron chi connectivity index (χ0n) is 11.9. The summed E-state index contributed by atoms with van der Waals surface area (Å²) in [7, 11) is 0. The number of rotatable bonds is 8. The van der Waals surface area contributed by atoms with Gasteiger partial charge in [0, 0.05) is 0 Å².